The van der Waals surface area contributed by atoms with Crippen molar-refractivity contribution in [3.8, 4) is 0 Å². The van der Waals surface area contributed by atoms with Crippen molar-refractivity contribution in [3.63, 3.8) is 0 Å². The second-order valence-corrected chi connectivity index (χ2v) is 17.5. The summed E-state index contributed by atoms with van der Waals surface area (Å²) in [5, 5.41) is 0. The van der Waals surface area contributed by atoms with E-state index in [4.69, 9.17) is 14.2 Å². The predicted molar refractivity (Wildman–Crippen MR) is 233 cm³/mol. The average molecular weight is 779 g/mol. The van der Waals surface area contributed by atoms with Crippen molar-refractivity contribution in [2.75, 3.05) is 13.2 Å². The Labute approximate surface area is 342 Å². The Balaban J connectivity index is 4.29. The van der Waals surface area contributed by atoms with Crippen molar-refractivity contribution in [1.29, 1.82) is 0 Å². The zero-order chi connectivity index (χ0) is 40.5. The molecule has 0 saturated heterocycles. The van der Waals surface area contributed by atoms with Gasteiger partial charge in [0.1, 0.15) is 13.2 Å². The van der Waals surface area contributed by atoms with Crippen LogP contribution in [0.4, 0.5) is 0 Å². The minimum atomic E-state index is -0.762. The normalized spacial score (nSPS) is 12.5. The molecule has 0 bridgehead atoms. The Morgan fingerprint density at radius 1 is 0.382 bits per heavy atom. The fourth-order valence-electron chi connectivity index (χ4n) is 7.25. The van der Waals surface area contributed by atoms with E-state index in [0.29, 0.717) is 19.3 Å². The van der Waals surface area contributed by atoms with E-state index in [1.165, 1.54) is 154 Å². The summed E-state index contributed by atoms with van der Waals surface area (Å²) in [6.45, 7) is 11.3. The summed E-state index contributed by atoms with van der Waals surface area (Å²) in [5.74, 6) is 0.748. The van der Waals surface area contributed by atoms with Gasteiger partial charge in [0.15, 0.2) is 6.10 Å². The number of hydrogen-bond donors (Lipinski definition) is 0. The maximum Gasteiger partial charge on any atom is 0.306 e. The summed E-state index contributed by atoms with van der Waals surface area (Å²) in [4.78, 5) is 37.8. The largest absolute Gasteiger partial charge is 0.462 e. The van der Waals surface area contributed by atoms with Crippen molar-refractivity contribution < 1.29 is 28.6 Å². The first-order valence-corrected chi connectivity index (χ1v) is 24.3. The van der Waals surface area contributed by atoms with Crippen LogP contribution in [0.3, 0.4) is 0 Å². The second kappa shape index (κ2) is 42.0. The third-order valence-electron chi connectivity index (χ3n) is 11.3. The average Bonchev–Trinajstić information content (AvgIpc) is 3.17. The molecular weight excluding hydrogens is 685 g/mol. The Morgan fingerprint density at radius 2 is 0.691 bits per heavy atom. The van der Waals surface area contributed by atoms with Gasteiger partial charge in [0.2, 0.25) is 0 Å². The van der Waals surface area contributed by atoms with E-state index in [2.05, 4.69) is 34.6 Å². The smallest absolute Gasteiger partial charge is 0.306 e. The summed E-state index contributed by atoms with van der Waals surface area (Å²) in [6.07, 6.45) is 41.0. The van der Waals surface area contributed by atoms with Crippen LogP contribution in [0.2, 0.25) is 0 Å². The SMILES string of the molecule is CCCCCCCCCCCCCCCCCCC(=O)OC[C@H](COC(=O)CCCCCCCCCCC(C)C)OC(=O)CCCCCCCCC(C)CC. The quantitative estimate of drug-likeness (QED) is 0.0348. The summed E-state index contributed by atoms with van der Waals surface area (Å²) >= 11 is 0. The zero-order valence-electron chi connectivity index (χ0n) is 37.6. The highest BCUT2D eigenvalue weighted by Gasteiger charge is 2.19. The Morgan fingerprint density at radius 3 is 1.04 bits per heavy atom. The molecule has 0 aromatic heterocycles. The molecule has 0 radical (unpaired) electrons. The van der Waals surface area contributed by atoms with Crippen molar-refractivity contribution in [3.05, 3.63) is 0 Å². The minimum Gasteiger partial charge on any atom is -0.462 e. The van der Waals surface area contributed by atoms with E-state index in [1.54, 1.807) is 0 Å². The van der Waals surface area contributed by atoms with Crippen molar-refractivity contribution >= 4 is 17.9 Å². The predicted octanol–water partition coefficient (Wildman–Crippen LogP) is 15.4. The third kappa shape index (κ3) is 41.9. The lowest BCUT2D eigenvalue weighted by molar-refractivity contribution is -0.167. The Bertz CT molecular complexity index is 841. The Kier molecular flexibility index (Phi) is 40.8. The van der Waals surface area contributed by atoms with Crippen LogP contribution in [0.15, 0.2) is 0 Å². The van der Waals surface area contributed by atoms with E-state index >= 15 is 0 Å². The van der Waals surface area contributed by atoms with E-state index in [1.807, 2.05) is 0 Å². The van der Waals surface area contributed by atoms with Crippen LogP contribution in [0, 0.1) is 11.8 Å². The Hall–Kier alpha value is -1.59. The molecule has 0 amide bonds. The van der Waals surface area contributed by atoms with Gasteiger partial charge in [-0.3, -0.25) is 14.4 Å². The van der Waals surface area contributed by atoms with Gasteiger partial charge in [0.05, 0.1) is 0 Å². The van der Waals surface area contributed by atoms with Gasteiger partial charge in [-0.05, 0) is 31.1 Å². The molecule has 0 aromatic carbocycles. The molecule has 6 heteroatoms. The molecular formula is C49H94O6. The van der Waals surface area contributed by atoms with Crippen molar-refractivity contribution in [2.45, 2.75) is 272 Å². The summed E-state index contributed by atoms with van der Waals surface area (Å²) in [5.41, 5.74) is 0. The first-order chi connectivity index (χ1) is 26.8. The second-order valence-electron chi connectivity index (χ2n) is 17.5. The van der Waals surface area contributed by atoms with Gasteiger partial charge in [-0.15, -0.1) is 0 Å². The minimum absolute atomic E-state index is 0.0654. The van der Waals surface area contributed by atoms with Crippen LogP contribution in [-0.2, 0) is 28.6 Å². The van der Waals surface area contributed by atoms with E-state index in [-0.39, 0.29) is 31.1 Å². The molecule has 55 heavy (non-hydrogen) atoms. The lowest BCUT2D eigenvalue weighted by Gasteiger charge is -2.18. The van der Waals surface area contributed by atoms with E-state index in [9.17, 15) is 14.4 Å². The molecule has 2 atom stereocenters. The lowest BCUT2D eigenvalue weighted by Crippen LogP contribution is -2.30. The summed E-state index contributed by atoms with van der Waals surface area (Å²) in [6, 6.07) is 0. The lowest BCUT2D eigenvalue weighted by atomic mass is 10.00. The molecule has 0 aliphatic heterocycles. The first-order valence-electron chi connectivity index (χ1n) is 24.3. The van der Waals surface area contributed by atoms with Crippen LogP contribution < -0.4 is 0 Å². The summed E-state index contributed by atoms with van der Waals surface area (Å²) < 4.78 is 16.7. The highest BCUT2D eigenvalue weighted by atomic mass is 16.6. The molecule has 0 aliphatic rings. The molecule has 0 aromatic rings. The molecule has 0 spiro atoms. The van der Waals surface area contributed by atoms with Crippen LogP contribution >= 0.6 is 0 Å². The molecule has 0 fully saturated rings. The molecule has 0 N–H and O–H groups in total. The van der Waals surface area contributed by atoms with Crippen LogP contribution in [0.1, 0.15) is 266 Å². The van der Waals surface area contributed by atoms with Crippen molar-refractivity contribution in [2.24, 2.45) is 11.8 Å². The van der Waals surface area contributed by atoms with Gasteiger partial charge < -0.3 is 14.2 Å². The fraction of sp³-hybridized carbons (Fsp3) is 0.939. The van der Waals surface area contributed by atoms with Gasteiger partial charge in [0, 0.05) is 19.3 Å². The molecule has 326 valence electrons. The number of unbranched alkanes of at least 4 members (excludes halogenated alkanes) is 27. The highest BCUT2D eigenvalue weighted by Crippen LogP contribution is 2.17. The number of carbonyl (C=O) groups excluding carboxylic acids is 3. The van der Waals surface area contributed by atoms with Crippen LogP contribution in [0.5, 0.6) is 0 Å². The van der Waals surface area contributed by atoms with Crippen LogP contribution in [0.25, 0.3) is 0 Å². The summed E-state index contributed by atoms with van der Waals surface area (Å²) in [7, 11) is 0. The molecule has 6 nitrogen and oxygen atoms in total. The molecule has 0 saturated carbocycles. The van der Waals surface area contributed by atoms with Gasteiger partial charge in [-0.25, -0.2) is 0 Å². The molecule has 1 unspecified atom stereocenters. The maximum absolute atomic E-state index is 12.7. The number of ether oxygens (including phenoxy) is 3. The van der Waals surface area contributed by atoms with Crippen LogP contribution in [-0.4, -0.2) is 37.2 Å². The fourth-order valence-corrected chi connectivity index (χ4v) is 7.25. The molecule has 0 heterocycles. The van der Waals surface area contributed by atoms with Gasteiger partial charge in [-0.2, -0.15) is 0 Å². The molecule has 0 rings (SSSR count). The van der Waals surface area contributed by atoms with E-state index < -0.39 is 6.10 Å². The first kappa shape index (κ1) is 53.4. The highest BCUT2D eigenvalue weighted by molar-refractivity contribution is 5.71. The van der Waals surface area contributed by atoms with Gasteiger partial charge in [0.25, 0.3) is 0 Å². The van der Waals surface area contributed by atoms with Gasteiger partial charge >= 0.3 is 17.9 Å². The number of rotatable bonds is 43. The number of esters is 3. The monoisotopic (exact) mass is 779 g/mol. The maximum atomic E-state index is 12.7. The third-order valence-corrected chi connectivity index (χ3v) is 11.3. The molecule has 0 aliphatic carbocycles. The standard InChI is InChI=1S/C49H94O6/c1-6-8-9-10-11-12-13-14-15-16-17-18-19-23-29-34-39-47(50)53-42-46(55-49(52)41-36-31-26-25-28-33-38-45(5)7-2)43-54-48(51)40-35-30-24-21-20-22-27-32-37-44(3)4/h44-46H,6-43H2,1-5H3/t45?,46-/m1/s1. The van der Waals surface area contributed by atoms with Gasteiger partial charge in [-0.1, -0.05) is 227 Å². The van der Waals surface area contributed by atoms with E-state index in [0.717, 1.165) is 69.6 Å². The topological polar surface area (TPSA) is 78.9 Å². The zero-order valence-corrected chi connectivity index (χ0v) is 37.6. The van der Waals surface area contributed by atoms with Crippen molar-refractivity contribution in [1.82, 2.24) is 0 Å². The number of hydrogen-bond acceptors (Lipinski definition) is 6. The number of carbonyl (C=O) groups is 3.